The molecule has 0 saturated heterocycles. The van der Waals surface area contributed by atoms with Crippen molar-refractivity contribution in [3.8, 4) is 0 Å². The minimum atomic E-state index is -3.53. The summed E-state index contributed by atoms with van der Waals surface area (Å²) in [6.07, 6.45) is 1.55. The smallest absolute Gasteiger partial charge is 0.336 e. The lowest BCUT2D eigenvalue weighted by molar-refractivity contribution is 0.0698. The van der Waals surface area contributed by atoms with Crippen LogP contribution in [0.25, 0.3) is 0 Å². The summed E-state index contributed by atoms with van der Waals surface area (Å²) in [5, 5.41) is 8.97. The molecule has 0 heterocycles. The van der Waals surface area contributed by atoms with Crippen molar-refractivity contribution < 1.29 is 19.4 Å². The number of carbonyl (C=O) groups is 1. The molecule has 88 valence electrons. The maximum absolute atomic E-state index is 12.0. The molecular weight excluding hydrogens is 227 g/mol. The number of hydrogen-bond donors (Lipinski definition) is 2. The van der Waals surface area contributed by atoms with E-state index in [4.69, 9.17) is 5.11 Å². The summed E-state index contributed by atoms with van der Waals surface area (Å²) in [5.74, 6) is -1.17. The van der Waals surface area contributed by atoms with Crippen LogP contribution in [0.15, 0.2) is 24.3 Å². The van der Waals surface area contributed by atoms with Gasteiger partial charge in [0.05, 0.1) is 10.9 Å². The van der Waals surface area contributed by atoms with Crippen LogP contribution in [0.5, 0.6) is 0 Å². The van der Waals surface area contributed by atoms with Gasteiger partial charge in [0.1, 0.15) is 0 Å². The number of aromatic carboxylic acids is 1. The van der Waals surface area contributed by atoms with Crippen LogP contribution in [-0.2, 0) is 4.57 Å². The van der Waals surface area contributed by atoms with Gasteiger partial charge in [-0.05, 0) is 18.6 Å². The maximum atomic E-state index is 12.0. The quantitative estimate of drug-likeness (QED) is 0.775. The predicted molar refractivity (Wildman–Crippen MR) is 62.6 cm³/mol. The molecule has 0 fully saturated rings. The van der Waals surface area contributed by atoms with Gasteiger partial charge in [-0.25, -0.2) is 4.79 Å². The van der Waals surface area contributed by atoms with Gasteiger partial charge in [-0.2, -0.15) is 0 Å². The van der Waals surface area contributed by atoms with Gasteiger partial charge in [0.2, 0.25) is 7.37 Å². The van der Waals surface area contributed by atoms with E-state index in [-0.39, 0.29) is 17.0 Å². The number of hydrogen-bond acceptors (Lipinski definition) is 2. The van der Waals surface area contributed by atoms with Crippen LogP contribution in [0.2, 0.25) is 0 Å². The molecule has 0 amide bonds. The van der Waals surface area contributed by atoms with Crippen molar-refractivity contribution >= 4 is 18.6 Å². The molecule has 0 radical (unpaired) electrons. The molecule has 1 atom stereocenters. The van der Waals surface area contributed by atoms with E-state index >= 15 is 0 Å². The molecule has 0 aliphatic rings. The maximum Gasteiger partial charge on any atom is 0.336 e. The second-order valence-corrected chi connectivity index (χ2v) is 5.93. The molecule has 0 aliphatic heterocycles. The van der Waals surface area contributed by atoms with Crippen molar-refractivity contribution in [1.29, 1.82) is 0 Å². The van der Waals surface area contributed by atoms with E-state index in [9.17, 15) is 14.3 Å². The Hall–Kier alpha value is -1.12. The van der Waals surface area contributed by atoms with Gasteiger partial charge < -0.3 is 10.00 Å². The Labute approximate surface area is 94.4 Å². The van der Waals surface area contributed by atoms with E-state index in [1.165, 1.54) is 12.1 Å². The fourth-order valence-corrected chi connectivity index (χ4v) is 3.30. The summed E-state index contributed by atoms with van der Waals surface area (Å²) in [6, 6.07) is 5.90. The highest BCUT2D eigenvalue weighted by Gasteiger charge is 2.25. The van der Waals surface area contributed by atoms with Gasteiger partial charge in [-0.3, -0.25) is 4.57 Å². The van der Waals surface area contributed by atoms with Crippen LogP contribution in [0.4, 0.5) is 0 Å². The lowest BCUT2D eigenvalue weighted by Crippen LogP contribution is -2.17. The average Bonchev–Trinajstić information content (AvgIpc) is 2.26. The second kappa shape index (κ2) is 5.28. The lowest BCUT2D eigenvalue weighted by Gasteiger charge is -2.13. The number of benzene rings is 1. The topological polar surface area (TPSA) is 74.6 Å². The molecule has 1 aromatic rings. The van der Waals surface area contributed by atoms with E-state index in [0.29, 0.717) is 6.42 Å². The molecule has 2 N–H and O–H groups in total. The Morgan fingerprint density at radius 2 is 2.00 bits per heavy atom. The van der Waals surface area contributed by atoms with Crippen LogP contribution >= 0.6 is 7.37 Å². The molecule has 1 unspecified atom stereocenters. The van der Waals surface area contributed by atoms with Gasteiger partial charge in [0.15, 0.2) is 0 Å². The molecule has 0 aliphatic carbocycles. The van der Waals surface area contributed by atoms with E-state index in [0.717, 1.165) is 6.42 Å². The fourth-order valence-electron chi connectivity index (χ4n) is 1.45. The van der Waals surface area contributed by atoms with E-state index < -0.39 is 13.3 Å². The summed E-state index contributed by atoms with van der Waals surface area (Å²) in [4.78, 5) is 20.7. The first-order chi connectivity index (χ1) is 7.49. The first-order valence-corrected chi connectivity index (χ1v) is 6.98. The van der Waals surface area contributed by atoms with Crippen molar-refractivity contribution in [2.45, 2.75) is 19.8 Å². The molecule has 0 saturated carbocycles. The molecule has 0 bridgehead atoms. The third kappa shape index (κ3) is 2.94. The zero-order chi connectivity index (χ0) is 12.2. The first-order valence-electron chi connectivity index (χ1n) is 5.13. The lowest BCUT2D eigenvalue weighted by atomic mass is 10.2. The van der Waals surface area contributed by atoms with Crippen molar-refractivity contribution in [2.75, 3.05) is 6.16 Å². The summed E-state index contributed by atoms with van der Waals surface area (Å²) in [7, 11) is -3.53. The zero-order valence-electron chi connectivity index (χ0n) is 9.09. The Morgan fingerprint density at radius 1 is 1.38 bits per heavy atom. The van der Waals surface area contributed by atoms with Crippen LogP contribution in [0.3, 0.4) is 0 Å². The van der Waals surface area contributed by atoms with Crippen LogP contribution < -0.4 is 5.30 Å². The summed E-state index contributed by atoms with van der Waals surface area (Å²) in [5.41, 5.74) is -0.0792. The van der Waals surface area contributed by atoms with Crippen LogP contribution in [-0.4, -0.2) is 22.1 Å². The predicted octanol–water partition coefficient (Wildman–Crippen LogP) is 2.08. The van der Waals surface area contributed by atoms with Crippen LogP contribution in [0, 0.1) is 0 Å². The third-order valence-corrected chi connectivity index (χ3v) is 4.39. The van der Waals surface area contributed by atoms with Crippen molar-refractivity contribution in [2.24, 2.45) is 0 Å². The summed E-state index contributed by atoms with van der Waals surface area (Å²) < 4.78 is 12.0. The van der Waals surface area contributed by atoms with Gasteiger partial charge in [0.25, 0.3) is 0 Å². The fraction of sp³-hybridized carbons (Fsp3) is 0.364. The van der Waals surface area contributed by atoms with Crippen molar-refractivity contribution in [1.82, 2.24) is 0 Å². The third-order valence-electron chi connectivity index (χ3n) is 2.33. The minimum absolute atomic E-state index is 0.0518. The zero-order valence-corrected chi connectivity index (χ0v) is 9.98. The molecule has 5 heteroatoms. The first kappa shape index (κ1) is 12.9. The Bertz CT molecular complexity index is 428. The van der Waals surface area contributed by atoms with Gasteiger partial charge in [-0.1, -0.05) is 25.5 Å². The van der Waals surface area contributed by atoms with E-state index in [2.05, 4.69) is 0 Å². The highest BCUT2D eigenvalue weighted by atomic mass is 31.2. The molecule has 16 heavy (non-hydrogen) atoms. The van der Waals surface area contributed by atoms with E-state index in [1.54, 1.807) is 12.1 Å². The van der Waals surface area contributed by atoms with Crippen molar-refractivity contribution in [3.63, 3.8) is 0 Å². The molecule has 0 aromatic heterocycles. The van der Waals surface area contributed by atoms with Gasteiger partial charge in [0, 0.05) is 6.16 Å². The highest BCUT2D eigenvalue weighted by Crippen LogP contribution is 2.41. The minimum Gasteiger partial charge on any atom is -0.478 e. The molecule has 0 spiro atoms. The molecule has 1 rings (SSSR count). The van der Waals surface area contributed by atoms with Gasteiger partial charge in [-0.15, -0.1) is 0 Å². The summed E-state index contributed by atoms with van der Waals surface area (Å²) >= 11 is 0. The Balaban J connectivity index is 3.11. The monoisotopic (exact) mass is 242 g/mol. The van der Waals surface area contributed by atoms with E-state index in [1.807, 2.05) is 6.92 Å². The second-order valence-electron chi connectivity index (χ2n) is 3.60. The molecular formula is C11H15O4P. The van der Waals surface area contributed by atoms with Gasteiger partial charge >= 0.3 is 5.97 Å². The van der Waals surface area contributed by atoms with Crippen LogP contribution in [0.1, 0.15) is 30.1 Å². The number of carboxylic acid groups (broad SMARTS) is 1. The highest BCUT2D eigenvalue weighted by molar-refractivity contribution is 7.66. The Kier molecular flexibility index (Phi) is 4.27. The number of rotatable bonds is 5. The Morgan fingerprint density at radius 3 is 2.56 bits per heavy atom. The average molecular weight is 242 g/mol. The number of unbranched alkanes of at least 4 members (excludes halogenated alkanes) is 1. The SMILES string of the molecule is CCCCP(=O)(O)c1ccccc1C(=O)O. The number of carboxylic acids is 1. The molecule has 1 aromatic carbocycles. The molecule has 4 nitrogen and oxygen atoms in total. The normalized spacial score (nSPS) is 14.4. The standard InChI is InChI=1S/C11H15O4P/c1-2-3-8-16(14,15)10-7-5-4-6-9(10)11(12)13/h4-7H,2-3,8H2,1H3,(H,12,13)(H,14,15). The largest absolute Gasteiger partial charge is 0.478 e. The summed E-state index contributed by atoms with van der Waals surface area (Å²) in [6.45, 7) is 1.92. The van der Waals surface area contributed by atoms with Crippen molar-refractivity contribution in [3.05, 3.63) is 29.8 Å².